The molecular formula is C20H27N3O3. The molecule has 2 rings (SSSR count). The Bertz CT molecular complexity index is 727. The summed E-state index contributed by atoms with van der Waals surface area (Å²) in [7, 11) is 0. The number of imidazole rings is 1. The van der Waals surface area contributed by atoms with E-state index in [0.717, 1.165) is 17.7 Å². The molecule has 0 spiro atoms. The van der Waals surface area contributed by atoms with Gasteiger partial charge in [0.1, 0.15) is 11.8 Å². The first-order valence-corrected chi connectivity index (χ1v) is 8.94. The van der Waals surface area contributed by atoms with Gasteiger partial charge in [0.15, 0.2) is 0 Å². The maximum atomic E-state index is 11.9. The van der Waals surface area contributed by atoms with Crippen LogP contribution in [0.4, 0.5) is 0 Å². The lowest BCUT2D eigenvalue weighted by Crippen LogP contribution is -2.50. The minimum absolute atomic E-state index is 0.0385. The van der Waals surface area contributed by atoms with Gasteiger partial charge in [-0.2, -0.15) is 0 Å². The second-order valence-corrected chi connectivity index (χ2v) is 6.73. The highest BCUT2D eigenvalue weighted by molar-refractivity contribution is 5.83. The van der Waals surface area contributed by atoms with Gasteiger partial charge in [0.25, 0.3) is 0 Å². The molecule has 0 saturated carbocycles. The molecule has 3 atom stereocenters. The fourth-order valence-electron chi connectivity index (χ4n) is 3.00. The molecular weight excluding hydrogens is 330 g/mol. The number of rotatable bonds is 10. The molecule has 140 valence electrons. The largest absolute Gasteiger partial charge is 0.480 e. The summed E-state index contributed by atoms with van der Waals surface area (Å²) in [4.78, 5) is 27.9. The van der Waals surface area contributed by atoms with Crippen molar-refractivity contribution < 1.29 is 14.7 Å². The summed E-state index contributed by atoms with van der Waals surface area (Å²) in [5.41, 5.74) is 1.94. The Labute approximate surface area is 154 Å². The third-order valence-corrected chi connectivity index (χ3v) is 4.74. The number of hydrogen-bond donors (Lipinski definition) is 2. The van der Waals surface area contributed by atoms with E-state index in [9.17, 15) is 14.7 Å². The lowest BCUT2D eigenvalue weighted by atomic mass is 9.94. The molecule has 26 heavy (non-hydrogen) atoms. The molecule has 0 amide bonds. The zero-order valence-corrected chi connectivity index (χ0v) is 15.6. The number of hydrogen-bond acceptors (Lipinski definition) is 4. The Kier molecular flexibility index (Phi) is 7.09. The Morgan fingerprint density at radius 2 is 1.96 bits per heavy atom. The van der Waals surface area contributed by atoms with E-state index in [2.05, 4.69) is 10.3 Å². The van der Waals surface area contributed by atoms with Crippen molar-refractivity contribution in [2.45, 2.75) is 52.2 Å². The van der Waals surface area contributed by atoms with E-state index >= 15 is 0 Å². The number of aromatic nitrogens is 2. The number of carbonyl (C=O) groups is 2. The number of ketones is 1. The maximum Gasteiger partial charge on any atom is 0.321 e. The minimum atomic E-state index is -0.966. The topological polar surface area (TPSA) is 84.2 Å². The number of Topliss-reactive ketones (excluding diaryl/α,β-unsaturated/α-hetero) is 1. The van der Waals surface area contributed by atoms with E-state index in [0.29, 0.717) is 6.54 Å². The van der Waals surface area contributed by atoms with Crippen LogP contribution in [-0.2, 0) is 22.6 Å². The quantitative estimate of drug-likeness (QED) is 0.683. The molecule has 2 N–H and O–H groups in total. The molecule has 0 fully saturated rings. The molecule has 3 unspecified atom stereocenters. The van der Waals surface area contributed by atoms with E-state index in [1.54, 1.807) is 12.5 Å². The maximum absolute atomic E-state index is 11.9. The van der Waals surface area contributed by atoms with Crippen molar-refractivity contribution in [1.29, 1.82) is 0 Å². The lowest BCUT2D eigenvalue weighted by Gasteiger charge is -2.26. The predicted octanol–water partition coefficient (Wildman–Crippen LogP) is 2.52. The first-order chi connectivity index (χ1) is 12.4. The van der Waals surface area contributed by atoms with Crippen molar-refractivity contribution in [2.75, 3.05) is 0 Å². The average molecular weight is 357 g/mol. The van der Waals surface area contributed by atoms with Gasteiger partial charge in [-0.15, -0.1) is 0 Å². The molecule has 6 heteroatoms. The monoisotopic (exact) mass is 357 g/mol. The number of carboxylic acid groups (broad SMARTS) is 1. The molecule has 6 nitrogen and oxygen atoms in total. The molecule has 1 heterocycles. The first-order valence-electron chi connectivity index (χ1n) is 8.94. The van der Waals surface area contributed by atoms with Crippen molar-refractivity contribution in [3.8, 4) is 0 Å². The fraction of sp³-hybridized carbons (Fsp3) is 0.450. The van der Waals surface area contributed by atoms with Crippen LogP contribution in [-0.4, -0.2) is 38.5 Å². The van der Waals surface area contributed by atoms with Gasteiger partial charge >= 0.3 is 5.97 Å². The van der Waals surface area contributed by atoms with Crippen LogP contribution in [0.5, 0.6) is 0 Å². The van der Waals surface area contributed by atoms with E-state index in [1.165, 1.54) is 6.92 Å². The van der Waals surface area contributed by atoms with Crippen LogP contribution >= 0.6 is 0 Å². The summed E-state index contributed by atoms with van der Waals surface area (Å²) >= 11 is 0. The van der Waals surface area contributed by atoms with Crippen LogP contribution < -0.4 is 5.32 Å². The van der Waals surface area contributed by atoms with Crippen LogP contribution in [0, 0.1) is 5.92 Å². The Morgan fingerprint density at radius 3 is 2.54 bits per heavy atom. The molecule has 1 aromatic heterocycles. The number of nitrogens with one attached hydrogen (secondary N) is 1. The molecule has 0 radical (unpaired) electrons. The van der Waals surface area contributed by atoms with Gasteiger partial charge in [-0.05, 0) is 18.4 Å². The van der Waals surface area contributed by atoms with E-state index in [1.807, 2.05) is 48.7 Å². The van der Waals surface area contributed by atoms with Crippen molar-refractivity contribution in [1.82, 2.24) is 14.9 Å². The summed E-state index contributed by atoms with van der Waals surface area (Å²) in [5, 5.41) is 12.7. The highest BCUT2D eigenvalue weighted by Crippen LogP contribution is 2.13. The van der Waals surface area contributed by atoms with Crippen LogP contribution in [0.25, 0.3) is 0 Å². The summed E-state index contributed by atoms with van der Waals surface area (Å²) < 4.78 is 1.94. The number of benzene rings is 1. The van der Waals surface area contributed by atoms with Crippen LogP contribution in [0.2, 0.25) is 0 Å². The van der Waals surface area contributed by atoms with Gasteiger partial charge in [-0.25, -0.2) is 4.98 Å². The molecule has 0 bridgehead atoms. The fourth-order valence-corrected chi connectivity index (χ4v) is 3.00. The Balaban J connectivity index is 2.14. The number of carboxylic acids is 1. The average Bonchev–Trinajstić information content (AvgIpc) is 3.05. The first kappa shape index (κ1) is 19.8. The number of aliphatic carboxylic acids is 1. The zero-order chi connectivity index (χ0) is 19.1. The second-order valence-electron chi connectivity index (χ2n) is 6.73. The summed E-state index contributed by atoms with van der Waals surface area (Å²) in [6, 6.07) is 8.63. The zero-order valence-electron chi connectivity index (χ0n) is 15.6. The van der Waals surface area contributed by atoms with E-state index in [-0.39, 0.29) is 18.1 Å². The third-order valence-electron chi connectivity index (χ3n) is 4.74. The lowest BCUT2D eigenvalue weighted by molar-refractivity contribution is -0.140. The number of carbonyl (C=O) groups excluding carboxylic acids is 1. The molecule has 1 aromatic carbocycles. The molecule has 0 saturated heterocycles. The molecule has 0 aliphatic carbocycles. The summed E-state index contributed by atoms with van der Waals surface area (Å²) in [5.74, 6) is -0.931. The normalized spacial score (nSPS) is 14.6. The van der Waals surface area contributed by atoms with Crippen LogP contribution in [0.15, 0.2) is 42.9 Å². The SMILES string of the molecule is CCC(C)C(NC(Cc1cncn1Cc1ccccc1)C(=O)O)C(C)=O. The van der Waals surface area contributed by atoms with Gasteiger partial charge in [-0.3, -0.25) is 14.9 Å². The van der Waals surface area contributed by atoms with Crippen molar-refractivity contribution in [2.24, 2.45) is 5.92 Å². The molecule has 2 aromatic rings. The smallest absolute Gasteiger partial charge is 0.321 e. The number of nitrogens with zero attached hydrogens (tertiary/aromatic N) is 2. The van der Waals surface area contributed by atoms with E-state index < -0.39 is 18.1 Å². The predicted molar refractivity (Wildman–Crippen MR) is 100.0 cm³/mol. The summed E-state index contributed by atoms with van der Waals surface area (Å²) in [6.45, 7) is 6.08. The van der Waals surface area contributed by atoms with Gasteiger partial charge in [-0.1, -0.05) is 50.6 Å². The highest BCUT2D eigenvalue weighted by Gasteiger charge is 2.28. The molecule has 0 aliphatic heterocycles. The second kappa shape index (κ2) is 9.29. The van der Waals surface area contributed by atoms with Crippen LogP contribution in [0.1, 0.15) is 38.4 Å². The van der Waals surface area contributed by atoms with Gasteiger partial charge in [0.2, 0.25) is 0 Å². The minimum Gasteiger partial charge on any atom is -0.480 e. The third kappa shape index (κ3) is 5.26. The van der Waals surface area contributed by atoms with Gasteiger partial charge in [0, 0.05) is 24.9 Å². The van der Waals surface area contributed by atoms with Gasteiger partial charge < -0.3 is 9.67 Å². The van der Waals surface area contributed by atoms with Crippen molar-refractivity contribution >= 4 is 11.8 Å². The van der Waals surface area contributed by atoms with Crippen molar-refractivity contribution in [3.05, 3.63) is 54.1 Å². The standard InChI is InChI=1S/C20H27N3O3/c1-4-14(2)19(15(3)24)22-18(20(25)26)10-17-11-21-13-23(17)12-16-8-6-5-7-9-16/h5-9,11,13-14,18-19,22H,4,10,12H2,1-3H3,(H,25,26). The van der Waals surface area contributed by atoms with Gasteiger partial charge in [0.05, 0.1) is 12.4 Å². The van der Waals surface area contributed by atoms with E-state index in [4.69, 9.17) is 0 Å². The van der Waals surface area contributed by atoms with Crippen molar-refractivity contribution in [3.63, 3.8) is 0 Å². The Morgan fingerprint density at radius 1 is 1.27 bits per heavy atom. The highest BCUT2D eigenvalue weighted by atomic mass is 16.4. The summed E-state index contributed by atoms with van der Waals surface area (Å²) in [6.07, 6.45) is 4.46. The Hall–Kier alpha value is -2.47. The van der Waals surface area contributed by atoms with Crippen LogP contribution in [0.3, 0.4) is 0 Å². The molecule has 0 aliphatic rings.